The quantitative estimate of drug-likeness (QED) is 0.772. The third-order valence-corrected chi connectivity index (χ3v) is 3.45. The number of aryl methyl sites for hydroxylation is 1. The molecule has 0 aliphatic rings. The first-order chi connectivity index (χ1) is 8.62. The van der Waals surface area contributed by atoms with Crippen molar-refractivity contribution in [1.82, 2.24) is 20.3 Å². The number of aromatic nitrogens is 3. The Morgan fingerprint density at radius 2 is 2.17 bits per heavy atom. The van der Waals surface area contributed by atoms with Gasteiger partial charge in [0, 0.05) is 13.2 Å². The molecule has 0 aliphatic carbocycles. The van der Waals surface area contributed by atoms with Crippen LogP contribution in [0.4, 0.5) is 0 Å². The Kier molecular flexibility index (Phi) is 5.75. The maximum Gasteiger partial charge on any atom is 0.0861 e. The fraction of sp³-hybridized carbons (Fsp3) is 0.846. The van der Waals surface area contributed by atoms with Gasteiger partial charge in [-0.2, -0.15) is 0 Å². The third-order valence-electron chi connectivity index (χ3n) is 3.45. The Morgan fingerprint density at radius 1 is 1.44 bits per heavy atom. The Hall–Kier alpha value is -0.940. The number of hydrogen-bond acceptors (Lipinski definition) is 4. The van der Waals surface area contributed by atoms with Crippen LogP contribution in [0.25, 0.3) is 0 Å². The van der Waals surface area contributed by atoms with E-state index in [0.29, 0.717) is 6.61 Å². The Balaban J connectivity index is 3.03. The van der Waals surface area contributed by atoms with Crippen LogP contribution in [0.1, 0.15) is 52.3 Å². The van der Waals surface area contributed by atoms with Crippen molar-refractivity contribution in [3.8, 4) is 0 Å². The fourth-order valence-corrected chi connectivity index (χ4v) is 2.36. The number of nitrogens with one attached hydrogen (secondary N) is 1. The number of hydrogen-bond donors (Lipinski definition) is 1. The SMILES string of the molecule is CCCn1nncc1C(NC)C(C)(CC)OCC. The minimum absolute atomic E-state index is 0.101. The lowest BCUT2D eigenvalue weighted by Gasteiger charge is -2.36. The van der Waals surface area contributed by atoms with Crippen LogP contribution in [-0.4, -0.2) is 34.2 Å². The van der Waals surface area contributed by atoms with Crippen molar-refractivity contribution in [1.29, 1.82) is 0 Å². The summed E-state index contributed by atoms with van der Waals surface area (Å²) in [7, 11) is 1.96. The predicted molar refractivity (Wildman–Crippen MR) is 72.4 cm³/mol. The molecule has 2 unspecified atom stereocenters. The molecule has 104 valence electrons. The maximum atomic E-state index is 5.96. The van der Waals surface area contributed by atoms with Crippen molar-refractivity contribution in [2.45, 2.75) is 58.7 Å². The zero-order valence-corrected chi connectivity index (χ0v) is 12.2. The summed E-state index contributed by atoms with van der Waals surface area (Å²) in [5, 5.41) is 11.5. The molecule has 2 atom stereocenters. The van der Waals surface area contributed by atoms with E-state index in [1.54, 1.807) is 0 Å². The van der Waals surface area contributed by atoms with Crippen molar-refractivity contribution in [3.05, 3.63) is 11.9 Å². The van der Waals surface area contributed by atoms with Gasteiger partial charge in [-0.15, -0.1) is 5.10 Å². The molecule has 1 aromatic rings. The van der Waals surface area contributed by atoms with E-state index in [1.165, 1.54) is 0 Å². The van der Waals surface area contributed by atoms with Crippen LogP contribution in [0.15, 0.2) is 6.20 Å². The van der Waals surface area contributed by atoms with Gasteiger partial charge in [0.15, 0.2) is 0 Å². The Bertz CT molecular complexity index is 353. The van der Waals surface area contributed by atoms with Crippen molar-refractivity contribution >= 4 is 0 Å². The maximum absolute atomic E-state index is 5.96. The van der Waals surface area contributed by atoms with Gasteiger partial charge < -0.3 is 10.1 Å². The number of likely N-dealkylation sites (N-methyl/N-ethyl adjacent to an activating group) is 1. The lowest BCUT2D eigenvalue weighted by Crippen LogP contribution is -2.43. The molecule has 1 N–H and O–H groups in total. The molecular weight excluding hydrogens is 228 g/mol. The highest BCUT2D eigenvalue weighted by atomic mass is 16.5. The molecule has 0 saturated heterocycles. The molecule has 0 saturated carbocycles. The fourth-order valence-electron chi connectivity index (χ4n) is 2.36. The van der Waals surface area contributed by atoms with Crippen LogP contribution >= 0.6 is 0 Å². The first-order valence-corrected chi connectivity index (χ1v) is 6.82. The first-order valence-electron chi connectivity index (χ1n) is 6.82. The molecule has 1 aromatic heterocycles. The smallest absolute Gasteiger partial charge is 0.0861 e. The van der Waals surface area contributed by atoms with Gasteiger partial charge in [-0.25, -0.2) is 4.68 Å². The molecule has 0 amide bonds. The van der Waals surface area contributed by atoms with Crippen LogP contribution < -0.4 is 5.32 Å². The lowest BCUT2D eigenvalue weighted by molar-refractivity contribution is -0.0565. The summed E-state index contributed by atoms with van der Waals surface area (Å²) >= 11 is 0. The molecule has 5 heteroatoms. The normalized spacial score (nSPS) is 16.5. The molecule has 0 spiro atoms. The molecule has 1 heterocycles. The van der Waals surface area contributed by atoms with Gasteiger partial charge in [0.1, 0.15) is 0 Å². The number of nitrogens with zero attached hydrogens (tertiary/aromatic N) is 3. The molecule has 0 bridgehead atoms. The minimum atomic E-state index is -0.239. The van der Waals surface area contributed by atoms with Gasteiger partial charge in [-0.1, -0.05) is 19.1 Å². The van der Waals surface area contributed by atoms with Gasteiger partial charge in [-0.3, -0.25) is 0 Å². The summed E-state index contributed by atoms with van der Waals surface area (Å²) in [6.45, 7) is 10.1. The van der Waals surface area contributed by atoms with Crippen LogP contribution in [0.2, 0.25) is 0 Å². The number of rotatable bonds is 8. The highest BCUT2D eigenvalue weighted by Crippen LogP contribution is 2.31. The average molecular weight is 254 g/mol. The summed E-state index contributed by atoms with van der Waals surface area (Å²) in [5.74, 6) is 0. The van der Waals surface area contributed by atoms with Gasteiger partial charge in [-0.05, 0) is 33.7 Å². The van der Waals surface area contributed by atoms with E-state index >= 15 is 0 Å². The van der Waals surface area contributed by atoms with E-state index in [4.69, 9.17) is 4.74 Å². The van der Waals surface area contributed by atoms with E-state index < -0.39 is 0 Å². The predicted octanol–water partition coefficient (Wildman–Crippen LogP) is 2.15. The Morgan fingerprint density at radius 3 is 2.67 bits per heavy atom. The average Bonchev–Trinajstić information content (AvgIpc) is 2.79. The third kappa shape index (κ3) is 3.09. The molecule has 5 nitrogen and oxygen atoms in total. The minimum Gasteiger partial charge on any atom is -0.374 e. The van der Waals surface area contributed by atoms with Crippen LogP contribution in [0.5, 0.6) is 0 Å². The highest BCUT2D eigenvalue weighted by molar-refractivity contribution is 5.09. The second-order valence-electron chi connectivity index (χ2n) is 4.70. The summed E-state index contributed by atoms with van der Waals surface area (Å²) in [5.41, 5.74) is 0.855. The van der Waals surface area contributed by atoms with Gasteiger partial charge >= 0.3 is 0 Å². The second-order valence-corrected chi connectivity index (χ2v) is 4.70. The standard InChI is InChI=1S/C13H26N4O/c1-6-9-17-11(10-15-16-17)12(14-5)13(4,7-2)18-8-3/h10,12,14H,6-9H2,1-5H3. The van der Waals surface area contributed by atoms with Gasteiger partial charge in [0.2, 0.25) is 0 Å². The molecular formula is C13H26N4O. The second kappa shape index (κ2) is 6.85. The topological polar surface area (TPSA) is 52.0 Å². The van der Waals surface area contributed by atoms with Crippen LogP contribution in [0.3, 0.4) is 0 Å². The summed E-state index contributed by atoms with van der Waals surface area (Å²) in [6.07, 6.45) is 3.82. The molecule has 0 aromatic carbocycles. The van der Waals surface area contributed by atoms with Gasteiger partial charge in [0.05, 0.1) is 23.5 Å². The van der Waals surface area contributed by atoms with Crippen molar-refractivity contribution in [2.75, 3.05) is 13.7 Å². The summed E-state index contributed by atoms with van der Waals surface area (Å²) in [6, 6.07) is 0.101. The lowest BCUT2D eigenvalue weighted by atomic mass is 9.90. The van der Waals surface area contributed by atoms with E-state index in [-0.39, 0.29) is 11.6 Å². The van der Waals surface area contributed by atoms with Gasteiger partial charge in [0.25, 0.3) is 0 Å². The highest BCUT2D eigenvalue weighted by Gasteiger charge is 2.35. The Labute approximate surface area is 110 Å². The van der Waals surface area contributed by atoms with E-state index in [1.807, 2.05) is 24.9 Å². The van der Waals surface area contributed by atoms with E-state index in [9.17, 15) is 0 Å². The molecule has 0 fully saturated rings. The summed E-state index contributed by atoms with van der Waals surface area (Å²) < 4.78 is 7.92. The largest absolute Gasteiger partial charge is 0.374 e. The van der Waals surface area contributed by atoms with Crippen molar-refractivity contribution in [2.24, 2.45) is 0 Å². The van der Waals surface area contributed by atoms with Crippen molar-refractivity contribution in [3.63, 3.8) is 0 Å². The van der Waals surface area contributed by atoms with E-state index in [0.717, 1.165) is 25.1 Å². The molecule has 0 radical (unpaired) electrons. The molecule has 1 rings (SSSR count). The van der Waals surface area contributed by atoms with E-state index in [2.05, 4.69) is 36.4 Å². The zero-order chi connectivity index (χ0) is 13.6. The first kappa shape index (κ1) is 15.1. The summed E-state index contributed by atoms with van der Waals surface area (Å²) in [4.78, 5) is 0. The zero-order valence-electron chi connectivity index (χ0n) is 12.2. The van der Waals surface area contributed by atoms with Crippen molar-refractivity contribution < 1.29 is 4.74 Å². The van der Waals surface area contributed by atoms with Crippen LogP contribution in [-0.2, 0) is 11.3 Å². The van der Waals surface area contributed by atoms with Crippen LogP contribution in [0, 0.1) is 0 Å². The molecule has 0 aliphatic heterocycles. The monoisotopic (exact) mass is 254 g/mol. The molecule has 18 heavy (non-hydrogen) atoms. The number of ether oxygens (including phenoxy) is 1.